The van der Waals surface area contributed by atoms with Crippen LogP contribution in [0.25, 0.3) is 0 Å². The predicted molar refractivity (Wildman–Crippen MR) is 72.3 cm³/mol. The monoisotopic (exact) mass is 265 g/mol. The summed E-state index contributed by atoms with van der Waals surface area (Å²) >= 11 is 0. The smallest absolute Gasteiger partial charge is 0.337 e. The molecule has 0 saturated carbocycles. The molecule has 19 heavy (non-hydrogen) atoms. The Morgan fingerprint density at radius 1 is 1.37 bits per heavy atom. The lowest BCUT2D eigenvalue weighted by molar-refractivity contribution is -0.147. The van der Waals surface area contributed by atoms with Crippen LogP contribution in [0.15, 0.2) is 24.3 Å². The molecule has 0 aliphatic rings. The molecule has 0 bridgehead atoms. The molecule has 0 unspecified atom stereocenters. The fourth-order valence-corrected chi connectivity index (χ4v) is 1.50. The highest BCUT2D eigenvalue weighted by atomic mass is 16.5. The minimum absolute atomic E-state index is 0.394. The van der Waals surface area contributed by atoms with Crippen molar-refractivity contribution in [3.05, 3.63) is 29.8 Å². The number of carbonyl (C=O) groups excluding carboxylic acids is 1. The lowest BCUT2D eigenvalue weighted by Gasteiger charge is -2.19. The molecule has 5 heteroatoms. The second kappa shape index (κ2) is 6.22. The molecule has 0 aromatic heterocycles. The zero-order chi connectivity index (χ0) is 14.5. The average Bonchev–Trinajstić information content (AvgIpc) is 2.37. The number of esters is 1. The van der Waals surface area contributed by atoms with Crippen molar-refractivity contribution in [3.8, 4) is 0 Å². The molecular formula is C14H19NO4. The van der Waals surface area contributed by atoms with Crippen molar-refractivity contribution in [1.29, 1.82) is 0 Å². The van der Waals surface area contributed by atoms with E-state index in [-0.39, 0.29) is 0 Å². The first kappa shape index (κ1) is 15.0. The molecule has 2 N–H and O–H groups in total. The standard InChI is InChI=1S/C14H19NO4/c1-14(2,13(17)18)7-8-15-11-6-4-5-10(9-11)12(16)19-3/h4-6,9,15H,7-8H2,1-3H3,(H,17,18). The van der Waals surface area contributed by atoms with Crippen LogP contribution in [-0.2, 0) is 9.53 Å². The third-order valence-electron chi connectivity index (χ3n) is 2.94. The number of carbonyl (C=O) groups is 2. The van der Waals surface area contributed by atoms with Gasteiger partial charge in [0.25, 0.3) is 0 Å². The van der Waals surface area contributed by atoms with Gasteiger partial charge in [-0.3, -0.25) is 4.79 Å². The van der Waals surface area contributed by atoms with Crippen LogP contribution in [0.2, 0.25) is 0 Å². The highest BCUT2D eigenvalue weighted by Crippen LogP contribution is 2.20. The van der Waals surface area contributed by atoms with Crippen LogP contribution >= 0.6 is 0 Å². The van der Waals surface area contributed by atoms with Crippen molar-refractivity contribution in [2.24, 2.45) is 5.41 Å². The third-order valence-corrected chi connectivity index (χ3v) is 2.94. The first-order valence-corrected chi connectivity index (χ1v) is 6.02. The topological polar surface area (TPSA) is 75.6 Å². The Morgan fingerprint density at radius 2 is 2.05 bits per heavy atom. The minimum Gasteiger partial charge on any atom is -0.481 e. The molecule has 0 spiro atoms. The Hall–Kier alpha value is -2.04. The van der Waals surface area contributed by atoms with Gasteiger partial charge in [-0.05, 0) is 38.5 Å². The van der Waals surface area contributed by atoms with Crippen LogP contribution in [0.5, 0.6) is 0 Å². The maximum atomic E-state index is 11.4. The second-order valence-electron chi connectivity index (χ2n) is 4.94. The van der Waals surface area contributed by atoms with Crippen LogP contribution < -0.4 is 5.32 Å². The maximum Gasteiger partial charge on any atom is 0.337 e. The van der Waals surface area contributed by atoms with E-state index in [0.29, 0.717) is 18.5 Å². The summed E-state index contributed by atoms with van der Waals surface area (Å²) in [5.74, 6) is -1.22. The van der Waals surface area contributed by atoms with Crippen LogP contribution in [0, 0.1) is 5.41 Å². The van der Waals surface area contributed by atoms with Crippen molar-refractivity contribution in [2.45, 2.75) is 20.3 Å². The fourth-order valence-electron chi connectivity index (χ4n) is 1.50. The maximum absolute atomic E-state index is 11.4. The van der Waals surface area contributed by atoms with Gasteiger partial charge in [-0.25, -0.2) is 4.79 Å². The van der Waals surface area contributed by atoms with E-state index in [1.165, 1.54) is 7.11 Å². The number of hydrogen-bond donors (Lipinski definition) is 2. The highest BCUT2D eigenvalue weighted by Gasteiger charge is 2.26. The molecule has 5 nitrogen and oxygen atoms in total. The summed E-state index contributed by atoms with van der Waals surface area (Å²) in [6, 6.07) is 6.91. The zero-order valence-electron chi connectivity index (χ0n) is 11.4. The van der Waals surface area contributed by atoms with Gasteiger partial charge in [0, 0.05) is 12.2 Å². The Balaban J connectivity index is 2.59. The summed E-state index contributed by atoms with van der Waals surface area (Å²) in [7, 11) is 1.33. The lowest BCUT2D eigenvalue weighted by atomic mass is 9.90. The van der Waals surface area contributed by atoms with Crippen molar-refractivity contribution >= 4 is 17.6 Å². The van der Waals surface area contributed by atoms with Gasteiger partial charge in [-0.2, -0.15) is 0 Å². The number of methoxy groups -OCH3 is 1. The second-order valence-corrected chi connectivity index (χ2v) is 4.94. The number of carboxylic acids is 1. The lowest BCUT2D eigenvalue weighted by Crippen LogP contribution is -2.26. The van der Waals surface area contributed by atoms with E-state index in [0.717, 1.165) is 5.69 Å². The molecule has 0 fully saturated rings. The predicted octanol–water partition coefficient (Wildman–Crippen LogP) is 2.39. The quantitative estimate of drug-likeness (QED) is 0.772. The fraction of sp³-hybridized carbons (Fsp3) is 0.429. The zero-order valence-corrected chi connectivity index (χ0v) is 11.4. The van der Waals surface area contributed by atoms with Gasteiger partial charge < -0.3 is 15.2 Å². The van der Waals surface area contributed by atoms with Gasteiger partial charge in [-0.1, -0.05) is 6.07 Å². The van der Waals surface area contributed by atoms with Gasteiger partial charge in [0.05, 0.1) is 18.1 Å². The summed E-state index contributed by atoms with van der Waals surface area (Å²) in [5, 5.41) is 12.1. The van der Waals surface area contributed by atoms with Crippen molar-refractivity contribution < 1.29 is 19.4 Å². The number of benzene rings is 1. The van der Waals surface area contributed by atoms with E-state index in [4.69, 9.17) is 5.11 Å². The van der Waals surface area contributed by atoms with Gasteiger partial charge in [-0.15, -0.1) is 0 Å². The molecule has 1 aromatic carbocycles. The molecule has 104 valence electrons. The van der Waals surface area contributed by atoms with Crippen LogP contribution in [0.4, 0.5) is 5.69 Å². The van der Waals surface area contributed by atoms with E-state index >= 15 is 0 Å². The molecule has 0 radical (unpaired) electrons. The van der Waals surface area contributed by atoms with E-state index in [2.05, 4.69) is 10.1 Å². The molecule has 0 atom stereocenters. The number of hydrogen-bond acceptors (Lipinski definition) is 4. The molecule has 1 aromatic rings. The normalized spacial score (nSPS) is 10.9. The Kier molecular flexibility index (Phi) is 4.92. The number of anilines is 1. The first-order chi connectivity index (χ1) is 8.86. The number of nitrogens with one attached hydrogen (secondary N) is 1. The van der Waals surface area contributed by atoms with E-state index in [9.17, 15) is 9.59 Å². The van der Waals surface area contributed by atoms with Crippen molar-refractivity contribution in [1.82, 2.24) is 0 Å². The highest BCUT2D eigenvalue weighted by molar-refractivity contribution is 5.90. The van der Waals surface area contributed by atoms with Crippen molar-refractivity contribution in [2.75, 3.05) is 19.0 Å². The van der Waals surface area contributed by atoms with Crippen LogP contribution in [-0.4, -0.2) is 30.7 Å². The first-order valence-electron chi connectivity index (χ1n) is 6.02. The summed E-state index contributed by atoms with van der Waals surface area (Å²) in [6.45, 7) is 3.88. The van der Waals surface area contributed by atoms with Crippen LogP contribution in [0.1, 0.15) is 30.6 Å². The Labute approximate surface area is 112 Å². The van der Waals surface area contributed by atoms with Crippen molar-refractivity contribution in [3.63, 3.8) is 0 Å². The van der Waals surface area contributed by atoms with E-state index in [1.807, 2.05) is 6.07 Å². The van der Waals surface area contributed by atoms with E-state index < -0.39 is 17.4 Å². The third kappa shape index (κ3) is 4.28. The van der Waals surface area contributed by atoms with Gasteiger partial charge in [0.2, 0.25) is 0 Å². The minimum atomic E-state index is -0.822. The molecule has 0 aliphatic heterocycles. The number of rotatable bonds is 6. The molecule has 1 rings (SSSR count). The molecular weight excluding hydrogens is 246 g/mol. The molecule has 0 amide bonds. The van der Waals surface area contributed by atoms with Crippen LogP contribution in [0.3, 0.4) is 0 Å². The summed E-state index contributed by atoms with van der Waals surface area (Å²) in [5.41, 5.74) is 0.460. The summed E-state index contributed by atoms with van der Waals surface area (Å²) < 4.78 is 4.64. The molecule has 0 aliphatic carbocycles. The number of aliphatic carboxylic acids is 1. The SMILES string of the molecule is COC(=O)c1cccc(NCCC(C)(C)C(=O)O)c1. The molecule has 0 heterocycles. The number of carboxylic acid groups (broad SMARTS) is 1. The van der Waals surface area contributed by atoms with Gasteiger partial charge in [0.1, 0.15) is 0 Å². The summed E-state index contributed by atoms with van der Waals surface area (Å²) in [6.07, 6.45) is 0.491. The average molecular weight is 265 g/mol. The summed E-state index contributed by atoms with van der Waals surface area (Å²) in [4.78, 5) is 22.3. The molecule has 0 saturated heterocycles. The Morgan fingerprint density at radius 3 is 2.63 bits per heavy atom. The van der Waals surface area contributed by atoms with Gasteiger partial charge >= 0.3 is 11.9 Å². The Bertz CT molecular complexity index is 468. The number of ether oxygens (including phenoxy) is 1. The van der Waals surface area contributed by atoms with Gasteiger partial charge in [0.15, 0.2) is 0 Å². The largest absolute Gasteiger partial charge is 0.481 e. The van der Waals surface area contributed by atoms with E-state index in [1.54, 1.807) is 32.0 Å².